The summed E-state index contributed by atoms with van der Waals surface area (Å²) in [5, 5.41) is 17.4. The van der Waals surface area contributed by atoms with E-state index in [9.17, 15) is 4.79 Å². The highest BCUT2D eigenvalue weighted by Gasteiger charge is 2.26. The van der Waals surface area contributed by atoms with E-state index in [-0.39, 0.29) is 29.9 Å². The number of hydrogen-bond acceptors (Lipinski definition) is 5. The van der Waals surface area contributed by atoms with Crippen molar-refractivity contribution < 1.29 is 9.53 Å². The Morgan fingerprint density at radius 1 is 1.30 bits per heavy atom. The highest BCUT2D eigenvalue weighted by atomic mass is 127. The number of amides is 1. The van der Waals surface area contributed by atoms with Gasteiger partial charge in [-0.15, -0.1) is 34.2 Å². The zero-order valence-corrected chi connectivity index (χ0v) is 19.6. The van der Waals surface area contributed by atoms with Crippen molar-refractivity contribution in [3.05, 3.63) is 11.6 Å². The van der Waals surface area contributed by atoms with Crippen LogP contribution in [0.4, 0.5) is 0 Å². The van der Waals surface area contributed by atoms with Gasteiger partial charge < -0.3 is 25.3 Å². The van der Waals surface area contributed by atoms with Crippen LogP contribution in [0.25, 0.3) is 0 Å². The number of hydrogen-bond donors (Lipinski definition) is 3. The lowest BCUT2D eigenvalue weighted by molar-refractivity contribution is -0.128. The van der Waals surface area contributed by atoms with Crippen LogP contribution >= 0.6 is 24.0 Å². The molecule has 0 aliphatic heterocycles. The molecule has 0 saturated heterocycles. The van der Waals surface area contributed by atoms with E-state index in [1.54, 1.807) is 7.05 Å². The van der Waals surface area contributed by atoms with Crippen LogP contribution in [0.5, 0.6) is 0 Å². The normalized spacial score (nSPS) is 11.7. The largest absolute Gasteiger partial charge is 0.382 e. The van der Waals surface area contributed by atoms with Gasteiger partial charge in [0, 0.05) is 40.4 Å². The fraction of sp³-hybridized carbons (Fsp3) is 0.765. The van der Waals surface area contributed by atoms with Gasteiger partial charge in [-0.25, -0.2) is 4.99 Å². The first-order chi connectivity index (χ1) is 12.3. The van der Waals surface area contributed by atoms with Crippen molar-refractivity contribution in [1.29, 1.82) is 0 Å². The zero-order chi connectivity index (χ0) is 19.6. The number of nitrogens with zero attached hydrogens (tertiary/aromatic N) is 4. The van der Waals surface area contributed by atoms with Crippen LogP contribution in [0, 0.1) is 12.3 Å². The highest BCUT2D eigenvalue weighted by Crippen LogP contribution is 2.13. The maximum Gasteiger partial charge on any atom is 0.227 e. The maximum absolute atomic E-state index is 12.0. The van der Waals surface area contributed by atoms with E-state index in [4.69, 9.17) is 4.74 Å². The second kappa shape index (κ2) is 12.9. The lowest BCUT2D eigenvalue weighted by atomic mass is 9.92. The molecule has 0 bridgehead atoms. The molecule has 27 heavy (non-hydrogen) atoms. The number of guanidine groups is 1. The molecule has 156 valence electrons. The molecule has 0 atom stereocenters. The average molecular weight is 495 g/mol. The second-order valence-corrected chi connectivity index (χ2v) is 6.68. The highest BCUT2D eigenvalue weighted by molar-refractivity contribution is 14.0. The lowest BCUT2D eigenvalue weighted by Crippen LogP contribution is -2.47. The topological polar surface area (TPSA) is 105 Å². The summed E-state index contributed by atoms with van der Waals surface area (Å²) in [5.41, 5.74) is -0.552. The van der Waals surface area contributed by atoms with Gasteiger partial charge in [0.2, 0.25) is 5.91 Å². The first kappa shape index (κ1) is 25.6. The minimum absolute atomic E-state index is 0. The smallest absolute Gasteiger partial charge is 0.227 e. The van der Waals surface area contributed by atoms with Gasteiger partial charge in [-0.3, -0.25) is 4.79 Å². The first-order valence-electron chi connectivity index (χ1n) is 8.98. The van der Waals surface area contributed by atoms with Gasteiger partial charge >= 0.3 is 0 Å². The molecule has 0 fully saturated rings. The first-order valence-corrected chi connectivity index (χ1v) is 8.98. The van der Waals surface area contributed by atoms with E-state index in [2.05, 4.69) is 31.1 Å². The Morgan fingerprint density at radius 3 is 2.56 bits per heavy atom. The van der Waals surface area contributed by atoms with Crippen LogP contribution < -0.4 is 16.0 Å². The molecular weight excluding hydrogens is 461 g/mol. The average Bonchev–Trinajstić information content (AvgIpc) is 2.94. The summed E-state index contributed by atoms with van der Waals surface area (Å²) < 4.78 is 7.26. The number of halogens is 1. The van der Waals surface area contributed by atoms with Crippen LogP contribution in [0.2, 0.25) is 0 Å². The Bertz CT molecular complexity index is 602. The van der Waals surface area contributed by atoms with Gasteiger partial charge in [0.05, 0.1) is 5.41 Å². The number of carbonyl (C=O) groups is 1. The zero-order valence-electron chi connectivity index (χ0n) is 17.3. The van der Waals surface area contributed by atoms with Crippen LogP contribution in [-0.2, 0) is 23.1 Å². The van der Waals surface area contributed by atoms with Crippen LogP contribution in [0.3, 0.4) is 0 Å². The minimum Gasteiger partial charge on any atom is -0.382 e. The van der Waals surface area contributed by atoms with E-state index in [1.165, 1.54) is 0 Å². The molecule has 0 aromatic carbocycles. The van der Waals surface area contributed by atoms with E-state index < -0.39 is 5.41 Å². The third-order valence-electron chi connectivity index (χ3n) is 4.06. The number of nitrogens with one attached hydrogen (secondary N) is 3. The Labute approximate surface area is 179 Å². The third-order valence-corrected chi connectivity index (χ3v) is 4.06. The number of ether oxygens (including phenoxy) is 1. The number of aromatic nitrogens is 3. The van der Waals surface area contributed by atoms with Crippen molar-refractivity contribution in [2.45, 2.75) is 40.7 Å². The lowest BCUT2D eigenvalue weighted by Gasteiger charge is -2.24. The maximum atomic E-state index is 12.0. The summed E-state index contributed by atoms with van der Waals surface area (Å²) in [6.45, 7) is 10.6. The van der Waals surface area contributed by atoms with Crippen molar-refractivity contribution in [3.8, 4) is 0 Å². The van der Waals surface area contributed by atoms with Crippen LogP contribution in [0.15, 0.2) is 4.99 Å². The monoisotopic (exact) mass is 495 g/mol. The van der Waals surface area contributed by atoms with E-state index in [1.807, 2.05) is 39.3 Å². The Balaban J connectivity index is 0.00000676. The molecule has 0 aliphatic rings. The predicted octanol–water partition coefficient (Wildman–Crippen LogP) is 0.976. The standard InChI is InChI=1S/C17H33N7O2.HI/c1-7-26-10-8-9-19-16(21-12-17(3,4)15(25)18-5)20-11-14-23-22-13(2)24(14)6;/h7-12H2,1-6H3,(H,18,25)(H2,19,20,21);1H. The van der Waals surface area contributed by atoms with Gasteiger partial charge in [-0.05, 0) is 34.1 Å². The molecule has 0 saturated carbocycles. The molecule has 1 aromatic heterocycles. The Hall–Kier alpha value is -1.43. The van der Waals surface area contributed by atoms with Gasteiger partial charge in [0.1, 0.15) is 12.4 Å². The van der Waals surface area contributed by atoms with Crippen molar-refractivity contribution in [3.63, 3.8) is 0 Å². The van der Waals surface area contributed by atoms with E-state index >= 15 is 0 Å². The Kier molecular flexibility index (Phi) is 12.2. The van der Waals surface area contributed by atoms with Gasteiger partial charge in [-0.1, -0.05) is 0 Å². The number of rotatable bonds is 10. The third kappa shape index (κ3) is 8.87. The van der Waals surface area contributed by atoms with Crippen molar-refractivity contribution in [1.82, 2.24) is 30.7 Å². The molecule has 9 nitrogen and oxygen atoms in total. The molecule has 0 radical (unpaired) electrons. The quantitative estimate of drug-likeness (QED) is 0.194. The van der Waals surface area contributed by atoms with E-state index in [0.29, 0.717) is 32.3 Å². The summed E-state index contributed by atoms with van der Waals surface area (Å²) in [7, 11) is 3.55. The summed E-state index contributed by atoms with van der Waals surface area (Å²) in [6, 6.07) is 0. The van der Waals surface area contributed by atoms with Crippen LogP contribution in [0.1, 0.15) is 38.8 Å². The molecule has 1 rings (SSSR count). The molecule has 10 heteroatoms. The van der Waals surface area contributed by atoms with Crippen molar-refractivity contribution >= 4 is 35.8 Å². The van der Waals surface area contributed by atoms with E-state index in [0.717, 1.165) is 24.6 Å². The van der Waals surface area contributed by atoms with Gasteiger partial charge in [0.15, 0.2) is 11.8 Å². The predicted molar refractivity (Wildman–Crippen MR) is 117 cm³/mol. The summed E-state index contributed by atoms with van der Waals surface area (Å²) in [6.07, 6.45) is 0.871. The summed E-state index contributed by atoms with van der Waals surface area (Å²) in [5.74, 6) is 2.24. The number of carbonyl (C=O) groups excluding carboxylic acids is 1. The molecule has 0 unspecified atom stereocenters. The summed E-state index contributed by atoms with van der Waals surface area (Å²) >= 11 is 0. The second-order valence-electron chi connectivity index (χ2n) is 6.68. The van der Waals surface area contributed by atoms with Crippen molar-refractivity contribution in [2.75, 3.05) is 33.4 Å². The molecule has 1 aromatic rings. The SMILES string of the molecule is CCOCCCNC(=NCc1nnc(C)n1C)NCC(C)(C)C(=O)NC.I. The molecule has 0 aliphatic carbocycles. The fourth-order valence-electron chi connectivity index (χ4n) is 2.16. The van der Waals surface area contributed by atoms with Gasteiger partial charge in [0.25, 0.3) is 0 Å². The molecule has 3 N–H and O–H groups in total. The van der Waals surface area contributed by atoms with Crippen LogP contribution in [-0.4, -0.2) is 60.0 Å². The molecule has 0 spiro atoms. The number of aliphatic imine (C=N–C) groups is 1. The van der Waals surface area contributed by atoms with Gasteiger partial charge in [-0.2, -0.15) is 0 Å². The Morgan fingerprint density at radius 2 is 2.00 bits per heavy atom. The summed E-state index contributed by atoms with van der Waals surface area (Å²) in [4.78, 5) is 16.5. The molecule has 1 heterocycles. The van der Waals surface area contributed by atoms with Crippen molar-refractivity contribution in [2.24, 2.45) is 17.5 Å². The molecule has 1 amide bonds. The number of aryl methyl sites for hydroxylation is 1. The molecular formula is C17H34IN7O2. The minimum atomic E-state index is -0.552. The fourth-order valence-corrected chi connectivity index (χ4v) is 2.16.